The molecule has 5 heteroatoms. The van der Waals surface area contributed by atoms with Crippen LogP contribution >= 0.6 is 0 Å². The summed E-state index contributed by atoms with van der Waals surface area (Å²) in [7, 11) is 0. The summed E-state index contributed by atoms with van der Waals surface area (Å²) in [4.78, 5) is 11.2. The van der Waals surface area contributed by atoms with Crippen molar-refractivity contribution < 1.29 is 19.0 Å². The van der Waals surface area contributed by atoms with E-state index in [4.69, 9.17) is 13.9 Å². The molecule has 2 aromatic rings. The molecule has 1 N–H and O–H groups in total. The largest absolute Gasteiger partial charge is 0.484 e. The van der Waals surface area contributed by atoms with Crippen LogP contribution in [0.5, 0.6) is 5.75 Å². The van der Waals surface area contributed by atoms with Crippen molar-refractivity contribution in [2.75, 3.05) is 6.61 Å². The van der Waals surface area contributed by atoms with Crippen LogP contribution in [0.4, 0.5) is 0 Å². The van der Waals surface area contributed by atoms with Crippen LogP contribution in [0, 0.1) is 0 Å². The minimum absolute atomic E-state index is 0.254. The Hall–Kier alpha value is -1.85. The third kappa shape index (κ3) is 1.45. The Morgan fingerprint density at radius 1 is 1.37 bits per heavy atom. The first-order valence-corrected chi connectivity index (χ1v) is 6.13. The Balaban J connectivity index is 1.91. The minimum atomic E-state index is -1.00. The van der Waals surface area contributed by atoms with Gasteiger partial charge in [0.15, 0.2) is 6.10 Å². The van der Waals surface area contributed by atoms with E-state index in [0.717, 1.165) is 10.9 Å². The van der Waals surface area contributed by atoms with Gasteiger partial charge in [0, 0.05) is 23.1 Å². The maximum absolute atomic E-state index is 11.2. The van der Waals surface area contributed by atoms with Gasteiger partial charge in [-0.1, -0.05) is 0 Å². The number of fused-ring (bicyclic) bond motifs is 4. The molecule has 1 aromatic carbocycles. The van der Waals surface area contributed by atoms with Gasteiger partial charge in [0.05, 0.1) is 6.61 Å². The smallest absolute Gasteiger partial charge is 0.336 e. The van der Waals surface area contributed by atoms with Gasteiger partial charge in [0.1, 0.15) is 23.0 Å². The Labute approximate surface area is 108 Å². The monoisotopic (exact) mass is 260 g/mol. The van der Waals surface area contributed by atoms with Crippen LogP contribution < -0.4 is 10.4 Å². The van der Waals surface area contributed by atoms with Crippen molar-refractivity contribution in [2.45, 2.75) is 24.7 Å². The number of hydrogen-bond acceptors (Lipinski definition) is 5. The predicted octanol–water partition coefficient (Wildman–Crippen LogP) is 1.38. The van der Waals surface area contributed by atoms with E-state index in [9.17, 15) is 9.90 Å². The standard InChI is InChI=1S/C14H12O5/c1-14(16)6-17-12-8-4-7-2-3-11(15)18-9(7)5-10(8)19-13(12)14/h2-5,12-13,16H,6H2,1H3. The average Bonchev–Trinajstić information content (AvgIpc) is 2.85. The number of benzene rings is 1. The van der Waals surface area contributed by atoms with Gasteiger partial charge in [-0.05, 0) is 19.1 Å². The number of hydrogen-bond donors (Lipinski definition) is 1. The van der Waals surface area contributed by atoms with Crippen molar-refractivity contribution in [1.29, 1.82) is 0 Å². The average molecular weight is 260 g/mol. The zero-order valence-corrected chi connectivity index (χ0v) is 10.3. The maximum atomic E-state index is 11.2. The van der Waals surface area contributed by atoms with Gasteiger partial charge in [-0.3, -0.25) is 0 Å². The molecule has 1 saturated heterocycles. The van der Waals surface area contributed by atoms with E-state index in [2.05, 4.69) is 0 Å². The highest BCUT2D eigenvalue weighted by molar-refractivity contribution is 5.80. The maximum Gasteiger partial charge on any atom is 0.336 e. The molecule has 98 valence electrons. The zero-order valence-electron chi connectivity index (χ0n) is 10.3. The fraction of sp³-hybridized carbons (Fsp3) is 0.357. The second-order valence-corrected chi connectivity index (χ2v) is 5.31. The molecular formula is C14H12O5. The van der Waals surface area contributed by atoms with E-state index in [0.29, 0.717) is 11.3 Å². The van der Waals surface area contributed by atoms with Crippen LogP contribution in [0.25, 0.3) is 11.0 Å². The molecule has 0 bridgehead atoms. The van der Waals surface area contributed by atoms with E-state index < -0.39 is 17.3 Å². The lowest BCUT2D eigenvalue weighted by Gasteiger charge is -2.21. The topological polar surface area (TPSA) is 68.9 Å². The van der Waals surface area contributed by atoms with Gasteiger partial charge < -0.3 is 19.0 Å². The van der Waals surface area contributed by atoms with E-state index in [1.807, 2.05) is 6.07 Å². The van der Waals surface area contributed by atoms with E-state index in [1.165, 1.54) is 6.07 Å². The molecular weight excluding hydrogens is 248 g/mol. The van der Waals surface area contributed by atoms with Gasteiger partial charge >= 0.3 is 5.63 Å². The third-order valence-electron chi connectivity index (χ3n) is 3.76. The molecule has 5 nitrogen and oxygen atoms in total. The third-order valence-corrected chi connectivity index (χ3v) is 3.76. The highest BCUT2D eigenvalue weighted by Crippen LogP contribution is 2.48. The Morgan fingerprint density at radius 2 is 2.21 bits per heavy atom. The van der Waals surface area contributed by atoms with Gasteiger partial charge in [-0.25, -0.2) is 4.79 Å². The van der Waals surface area contributed by atoms with Crippen molar-refractivity contribution in [1.82, 2.24) is 0 Å². The first-order chi connectivity index (χ1) is 9.04. The quantitative estimate of drug-likeness (QED) is 0.725. The van der Waals surface area contributed by atoms with Crippen LogP contribution in [0.3, 0.4) is 0 Å². The van der Waals surface area contributed by atoms with Gasteiger partial charge in [-0.2, -0.15) is 0 Å². The molecule has 3 heterocycles. The molecule has 0 saturated carbocycles. The first-order valence-electron chi connectivity index (χ1n) is 6.13. The van der Waals surface area contributed by atoms with Crippen LogP contribution in [-0.2, 0) is 4.74 Å². The molecule has 0 radical (unpaired) electrons. The molecule has 4 rings (SSSR count). The second-order valence-electron chi connectivity index (χ2n) is 5.31. The van der Waals surface area contributed by atoms with Gasteiger partial charge in [-0.15, -0.1) is 0 Å². The van der Waals surface area contributed by atoms with Crippen molar-refractivity contribution in [3.63, 3.8) is 0 Å². The van der Waals surface area contributed by atoms with Gasteiger partial charge in [0.25, 0.3) is 0 Å². The second kappa shape index (κ2) is 3.37. The SMILES string of the molecule is CC1(O)COC2c3cc4ccc(=O)oc4cc3OC21. The minimum Gasteiger partial charge on any atom is -0.484 e. The number of aliphatic hydroxyl groups is 1. The van der Waals surface area contributed by atoms with Crippen LogP contribution in [0.15, 0.2) is 33.5 Å². The predicted molar refractivity (Wildman–Crippen MR) is 66.2 cm³/mol. The summed E-state index contributed by atoms with van der Waals surface area (Å²) < 4.78 is 16.5. The van der Waals surface area contributed by atoms with E-state index in [-0.39, 0.29) is 12.7 Å². The lowest BCUT2D eigenvalue weighted by atomic mass is 9.96. The molecule has 2 aliphatic heterocycles. The zero-order chi connectivity index (χ0) is 13.2. The summed E-state index contributed by atoms with van der Waals surface area (Å²) >= 11 is 0. The van der Waals surface area contributed by atoms with Crippen molar-refractivity contribution in [3.8, 4) is 5.75 Å². The summed E-state index contributed by atoms with van der Waals surface area (Å²) in [5.74, 6) is 0.608. The number of rotatable bonds is 0. The van der Waals surface area contributed by atoms with Crippen LogP contribution in [-0.4, -0.2) is 23.4 Å². The molecule has 1 aromatic heterocycles. The molecule has 19 heavy (non-hydrogen) atoms. The lowest BCUT2D eigenvalue weighted by molar-refractivity contribution is -0.0146. The van der Waals surface area contributed by atoms with E-state index >= 15 is 0 Å². The summed E-state index contributed by atoms with van der Waals surface area (Å²) in [5, 5.41) is 11.0. The fourth-order valence-corrected chi connectivity index (χ4v) is 2.77. The normalized spacial score (nSPS) is 32.1. The molecule has 3 unspecified atom stereocenters. The summed E-state index contributed by atoms with van der Waals surface area (Å²) in [6.07, 6.45) is -0.674. The van der Waals surface area contributed by atoms with Crippen molar-refractivity contribution in [3.05, 3.63) is 40.2 Å². The van der Waals surface area contributed by atoms with Crippen molar-refractivity contribution in [2.24, 2.45) is 0 Å². The Morgan fingerprint density at radius 3 is 3.05 bits per heavy atom. The van der Waals surface area contributed by atoms with Crippen molar-refractivity contribution >= 4 is 11.0 Å². The molecule has 0 amide bonds. The molecule has 0 spiro atoms. The number of ether oxygens (including phenoxy) is 2. The first kappa shape index (κ1) is 11.0. The van der Waals surface area contributed by atoms with E-state index in [1.54, 1.807) is 19.1 Å². The Bertz CT molecular complexity index is 730. The molecule has 2 aliphatic rings. The van der Waals surface area contributed by atoms with Crippen LogP contribution in [0.2, 0.25) is 0 Å². The van der Waals surface area contributed by atoms with Crippen LogP contribution in [0.1, 0.15) is 18.6 Å². The Kier molecular flexibility index (Phi) is 1.96. The molecule has 0 aliphatic carbocycles. The fourth-order valence-electron chi connectivity index (χ4n) is 2.77. The summed E-state index contributed by atoms with van der Waals surface area (Å²) in [6.45, 7) is 1.95. The van der Waals surface area contributed by atoms with Gasteiger partial charge in [0.2, 0.25) is 0 Å². The molecule has 1 fully saturated rings. The summed E-state index contributed by atoms with van der Waals surface area (Å²) in [6, 6.07) is 6.67. The highest BCUT2D eigenvalue weighted by atomic mass is 16.6. The lowest BCUT2D eigenvalue weighted by Crippen LogP contribution is -2.40. The molecule has 3 atom stereocenters. The highest BCUT2D eigenvalue weighted by Gasteiger charge is 2.52. The summed E-state index contributed by atoms with van der Waals surface area (Å²) in [5.41, 5.74) is -0.0275.